The Bertz CT molecular complexity index is 330. The smallest absolute Gasteiger partial charge is 0.159 e. The van der Waals surface area contributed by atoms with Crippen molar-refractivity contribution in [2.45, 2.75) is 26.0 Å². The molecule has 1 aromatic carbocycles. The van der Waals surface area contributed by atoms with Gasteiger partial charge in [0.2, 0.25) is 0 Å². The summed E-state index contributed by atoms with van der Waals surface area (Å²) < 4.78 is 25.5. The molecule has 0 amide bonds. The van der Waals surface area contributed by atoms with Crippen LogP contribution in [-0.4, -0.2) is 17.7 Å². The van der Waals surface area contributed by atoms with Gasteiger partial charge in [-0.1, -0.05) is 13.0 Å². The Kier molecular flexibility index (Phi) is 4.17. The van der Waals surface area contributed by atoms with Crippen LogP contribution < -0.4 is 5.32 Å². The van der Waals surface area contributed by atoms with Crippen LogP contribution in [-0.2, 0) is 0 Å². The molecule has 84 valence electrons. The number of aliphatic hydroxyl groups is 1. The zero-order valence-electron chi connectivity index (χ0n) is 8.80. The van der Waals surface area contributed by atoms with Crippen molar-refractivity contribution in [2.24, 2.45) is 0 Å². The van der Waals surface area contributed by atoms with Gasteiger partial charge in [0.15, 0.2) is 11.6 Å². The summed E-state index contributed by atoms with van der Waals surface area (Å²) in [6.45, 7) is 4.41. The maximum Gasteiger partial charge on any atom is 0.159 e. The molecule has 0 aromatic heterocycles. The maximum absolute atomic E-state index is 12.9. The maximum atomic E-state index is 12.9. The quantitative estimate of drug-likeness (QED) is 0.805. The predicted molar refractivity (Wildman–Crippen MR) is 54.5 cm³/mol. The highest BCUT2D eigenvalue weighted by Gasteiger charge is 2.16. The van der Waals surface area contributed by atoms with E-state index in [2.05, 4.69) is 5.32 Å². The molecule has 0 spiro atoms. The summed E-state index contributed by atoms with van der Waals surface area (Å²) in [4.78, 5) is 0. The number of hydrogen-bond acceptors (Lipinski definition) is 2. The summed E-state index contributed by atoms with van der Waals surface area (Å²) in [5, 5.41) is 12.8. The first-order chi connectivity index (χ1) is 7.06. The third kappa shape index (κ3) is 2.97. The molecule has 0 aliphatic carbocycles. The number of likely N-dealkylation sites (N-methyl/N-ethyl adjacent to an activating group) is 1. The predicted octanol–water partition coefficient (Wildman–Crippen LogP) is 2.00. The van der Waals surface area contributed by atoms with Crippen molar-refractivity contribution < 1.29 is 13.9 Å². The molecule has 2 unspecified atom stereocenters. The Morgan fingerprint density at radius 3 is 2.53 bits per heavy atom. The van der Waals surface area contributed by atoms with Crippen molar-refractivity contribution in [3.05, 3.63) is 35.4 Å². The number of aliphatic hydroxyl groups excluding tert-OH is 1. The molecule has 4 heteroatoms. The molecular formula is C11H15F2NO. The fraction of sp³-hybridized carbons (Fsp3) is 0.455. The average molecular weight is 215 g/mol. The molecule has 1 rings (SSSR count). The number of hydrogen-bond donors (Lipinski definition) is 2. The Morgan fingerprint density at radius 1 is 1.33 bits per heavy atom. The average Bonchev–Trinajstić information content (AvgIpc) is 2.21. The van der Waals surface area contributed by atoms with E-state index >= 15 is 0 Å². The van der Waals surface area contributed by atoms with Crippen LogP contribution in [0.15, 0.2) is 18.2 Å². The zero-order chi connectivity index (χ0) is 11.4. The second kappa shape index (κ2) is 5.19. The standard InChI is InChI=1S/C11H15F2NO/c1-3-14-7(2)11(15)8-4-5-9(12)10(13)6-8/h4-7,11,14-15H,3H2,1-2H3. The number of halogens is 2. The van der Waals surface area contributed by atoms with Gasteiger partial charge in [0.05, 0.1) is 6.10 Å². The molecule has 0 aliphatic rings. The number of rotatable bonds is 4. The van der Waals surface area contributed by atoms with Gasteiger partial charge in [-0.05, 0) is 31.2 Å². The van der Waals surface area contributed by atoms with Gasteiger partial charge >= 0.3 is 0 Å². The largest absolute Gasteiger partial charge is 0.387 e. The highest BCUT2D eigenvalue weighted by molar-refractivity contribution is 5.21. The van der Waals surface area contributed by atoms with E-state index in [1.807, 2.05) is 6.92 Å². The van der Waals surface area contributed by atoms with Gasteiger partial charge < -0.3 is 10.4 Å². The molecule has 0 saturated carbocycles. The van der Waals surface area contributed by atoms with E-state index in [1.54, 1.807) is 6.92 Å². The van der Waals surface area contributed by atoms with E-state index in [1.165, 1.54) is 6.07 Å². The van der Waals surface area contributed by atoms with Crippen LogP contribution in [0.5, 0.6) is 0 Å². The van der Waals surface area contributed by atoms with Gasteiger partial charge in [0.25, 0.3) is 0 Å². The van der Waals surface area contributed by atoms with Gasteiger partial charge in [-0.3, -0.25) is 0 Å². The zero-order valence-corrected chi connectivity index (χ0v) is 8.80. The lowest BCUT2D eigenvalue weighted by Gasteiger charge is -2.19. The minimum absolute atomic E-state index is 0.195. The van der Waals surface area contributed by atoms with Crippen molar-refractivity contribution in [1.82, 2.24) is 5.32 Å². The van der Waals surface area contributed by atoms with Crippen LogP contribution in [0.2, 0.25) is 0 Å². The molecule has 0 radical (unpaired) electrons. The van der Waals surface area contributed by atoms with Crippen LogP contribution in [0.25, 0.3) is 0 Å². The molecule has 1 aromatic rings. The van der Waals surface area contributed by atoms with Gasteiger partial charge in [-0.25, -0.2) is 8.78 Å². The van der Waals surface area contributed by atoms with E-state index in [0.717, 1.165) is 12.1 Å². The lowest BCUT2D eigenvalue weighted by atomic mass is 10.0. The van der Waals surface area contributed by atoms with Crippen LogP contribution in [0, 0.1) is 11.6 Å². The summed E-state index contributed by atoms with van der Waals surface area (Å²) in [7, 11) is 0. The summed E-state index contributed by atoms with van der Waals surface area (Å²) >= 11 is 0. The molecule has 0 heterocycles. The van der Waals surface area contributed by atoms with Crippen LogP contribution >= 0.6 is 0 Å². The van der Waals surface area contributed by atoms with Gasteiger partial charge in [-0.2, -0.15) is 0 Å². The van der Waals surface area contributed by atoms with Crippen LogP contribution in [0.3, 0.4) is 0 Å². The van der Waals surface area contributed by atoms with Crippen molar-refractivity contribution in [1.29, 1.82) is 0 Å². The normalized spacial score (nSPS) is 15.0. The molecule has 2 atom stereocenters. The third-order valence-electron chi connectivity index (χ3n) is 2.28. The first-order valence-corrected chi connectivity index (χ1v) is 4.92. The van der Waals surface area contributed by atoms with Crippen LogP contribution in [0.1, 0.15) is 25.5 Å². The second-order valence-corrected chi connectivity index (χ2v) is 3.46. The van der Waals surface area contributed by atoms with E-state index in [-0.39, 0.29) is 6.04 Å². The summed E-state index contributed by atoms with van der Waals surface area (Å²) in [5.41, 5.74) is 0.377. The fourth-order valence-electron chi connectivity index (χ4n) is 1.42. The molecular weight excluding hydrogens is 200 g/mol. The van der Waals surface area contributed by atoms with Gasteiger partial charge in [0, 0.05) is 6.04 Å². The second-order valence-electron chi connectivity index (χ2n) is 3.46. The molecule has 2 nitrogen and oxygen atoms in total. The van der Waals surface area contributed by atoms with Crippen molar-refractivity contribution >= 4 is 0 Å². The Morgan fingerprint density at radius 2 is 2.00 bits per heavy atom. The summed E-state index contributed by atoms with van der Waals surface area (Å²) in [5.74, 6) is -1.84. The Balaban J connectivity index is 2.81. The van der Waals surface area contributed by atoms with E-state index in [0.29, 0.717) is 12.1 Å². The minimum Gasteiger partial charge on any atom is -0.387 e. The van der Waals surface area contributed by atoms with Gasteiger partial charge in [-0.15, -0.1) is 0 Å². The highest BCUT2D eigenvalue weighted by atomic mass is 19.2. The molecule has 15 heavy (non-hydrogen) atoms. The Hall–Kier alpha value is -1.00. The van der Waals surface area contributed by atoms with Crippen molar-refractivity contribution in [3.8, 4) is 0 Å². The minimum atomic E-state index is -0.935. The van der Waals surface area contributed by atoms with Crippen molar-refractivity contribution in [2.75, 3.05) is 6.54 Å². The molecule has 2 N–H and O–H groups in total. The molecule has 0 aliphatic heterocycles. The monoisotopic (exact) mass is 215 g/mol. The lowest BCUT2D eigenvalue weighted by Crippen LogP contribution is -2.31. The fourth-order valence-corrected chi connectivity index (χ4v) is 1.42. The van der Waals surface area contributed by atoms with E-state index < -0.39 is 17.7 Å². The topological polar surface area (TPSA) is 32.3 Å². The SMILES string of the molecule is CCNC(C)C(O)c1ccc(F)c(F)c1. The van der Waals surface area contributed by atoms with Gasteiger partial charge in [0.1, 0.15) is 0 Å². The summed E-state index contributed by atoms with van der Waals surface area (Å²) in [6.07, 6.45) is -0.833. The molecule has 0 saturated heterocycles. The third-order valence-corrected chi connectivity index (χ3v) is 2.28. The van der Waals surface area contributed by atoms with E-state index in [4.69, 9.17) is 0 Å². The first kappa shape index (κ1) is 12.1. The number of benzene rings is 1. The lowest BCUT2D eigenvalue weighted by molar-refractivity contribution is 0.136. The van der Waals surface area contributed by atoms with E-state index in [9.17, 15) is 13.9 Å². The first-order valence-electron chi connectivity index (χ1n) is 4.92. The molecule has 0 fully saturated rings. The number of nitrogens with one attached hydrogen (secondary N) is 1. The summed E-state index contributed by atoms with van der Waals surface area (Å²) in [6, 6.07) is 3.23. The highest BCUT2D eigenvalue weighted by Crippen LogP contribution is 2.19. The molecule has 0 bridgehead atoms. The Labute approximate surface area is 87.9 Å². The van der Waals surface area contributed by atoms with Crippen molar-refractivity contribution in [3.63, 3.8) is 0 Å². The van der Waals surface area contributed by atoms with Crippen LogP contribution in [0.4, 0.5) is 8.78 Å².